The normalized spacial score (nSPS) is 14.3. The third-order valence-electron chi connectivity index (χ3n) is 5.32. The zero-order valence-corrected chi connectivity index (χ0v) is 16.9. The molecule has 4 aromatic rings. The van der Waals surface area contributed by atoms with Crippen LogP contribution in [0.4, 0.5) is 5.69 Å². The van der Waals surface area contributed by atoms with E-state index in [1.807, 2.05) is 30.5 Å². The number of nitrogen functional groups attached to an aromatic ring is 1. The van der Waals surface area contributed by atoms with Crippen LogP contribution < -0.4 is 5.73 Å². The van der Waals surface area contributed by atoms with Crippen LogP contribution in [-0.2, 0) is 19.5 Å². The lowest BCUT2D eigenvalue weighted by Crippen LogP contribution is -2.31. The van der Waals surface area contributed by atoms with E-state index in [0.717, 1.165) is 58.8 Å². The first kappa shape index (κ1) is 17.4. The summed E-state index contributed by atoms with van der Waals surface area (Å²) in [4.78, 5) is 15.3. The Balaban J connectivity index is 1.39. The molecule has 0 saturated carbocycles. The van der Waals surface area contributed by atoms with Crippen LogP contribution in [-0.4, -0.2) is 26.4 Å². The molecule has 0 bridgehead atoms. The summed E-state index contributed by atoms with van der Waals surface area (Å²) < 4.78 is 1.09. The van der Waals surface area contributed by atoms with Gasteiger partial charge in [0.05, 0.1) is 5.69 Å². The average Bonchev–Trinajstić information content (AvgIpc) is 3.09. The number of anilines is 1. The Labute approximate surface area is 171 Å². The maximum Gasteiger partial charge on any atom is 0.159 e. The van der Waals surface area contributed by atoms with Crippen molar-refractivity contribution in [3.8, 4) is 11.4 Å². The summed E-state index contributed by atoms with van der Waals surface area (Å²) in [7, 11) is 0. The Hall–Kier alpha value is -2.70. The van der Waals surface area contributed by atoms with Crippen LogP contribution in [0.1, 0.15) is 16.8 Å². The van der Waals surface area contributed by atoms with E-state index >= 15 is 0 Å². The van der Waals surface area contributed by atoms with Gasteiger partial charge < -0.3 is 10.7 Å². The van der Waals surface area contributed by atoms with E-state index < -0.39 is 0 Å². The minimum atomic E-state index is 0.749. The maximum absolute atomic E-state index is 5.79. The number of benzene rings is 2. The van der Waals surface area contributed by atoms with Gasteiger partial charge in [0.15, 0.2) is 5.82 Å². The van der Waals surface area contributed by atoms with Gasteiger partial charge in [-0.2, -0.15) is 0 Å². The van der Waals surface area contributed by atoms with E-state index in [-0.39, 0.29) is 0 Å². The first-order valence-corrected chi connectivity index (χ1v) is 10.1. The molecular formula is C22H20BrN5. The molecular weight excluding hydrogens is 414 g/mol. The van der Waals surface area contributed by atoms with Crippen LogP contribution in [0, 0.1) is 0 Å². The molecule has 2 aromatic heterocycles. The van der Waals surface area contributed by atoms with Gasteiger partial charge >= 0.3 is 0 Å². The first-order chi connectivity index (χ1) is 13.7. The highest BCUT2D eigenvalue weighted by Gasteiger charge is 2.20. The van der Waals surface area contributed by atoms with E-state index in [1.165, 1.54) is 16.5 Å². The van der Waals surface area contributed by atoms with Crippen molar-refractivity contribution in [2.45, 2.75) is 19.5 Å². The highest BCUT2D eigenvalue weighted by Crippen LogP contribution is 2.26. The van der Waals surface area contributed by atoms with E-state index in [1.54, 1.807) is 0 Å². The van der Waals surface area contributed by atoms with Crippen LogP contribution in [0.3, 0.4) is 0 Å². The minimum absolute atomic E-state index is 0.749. The van der Waals surface area contributed by atoms with Gasteiger partial charge in [-0.3, -0.25) is 4.90 Å². The van der Waals surface area contributed by atoms with Gasteiger partial charge in [0.2, 0.25) is 0 Å². The van der Waals surface area contributed by atoms with Crippen molar-refractivity contribution in [1.82, 2.24) is 19.9 Å². The predicted molar refractivity (Wildman–Crippen MR) is 116 cm³/mol. The second kappa shape index (κ2) is 7.04. The number of nitrogens with one attached hydrogen (secondary N) is 1. The summed E-state index contributed by atoms with van der Waals surface area (Å²) in [5.41, 5.74) is 12.4. The molecule has 0 unspecified atom stereocenters. The predicted octanol–water partition coefficient (Wildman–Crippen LogP) is 4.53. The number of rotatable bonds is 3. The zero-order valence-electron chi connectivity index (χ0n) is 15.3. The molecule has 28 heavy (non-hydrogen) atoms. The molecule has 2 aromatic carbocycles. The van der Waals surface area contributed by atoms with Crippen molar-refractivity contribution in [2.24, 2.45) is 0 Å². The summed E-state index contributed by atoms with van der Waals surface area (Å²) in [6.45, 7) is 2.76. The lowest BCUT2D eigenvalue weighted by atomic mass is 10.1. The Morgan fingerprint density at radius 3 is 2.86 bits per heavy atom. The zero-order chi connectivity index (χ0) is 19.1. The highest BCUT2D eigenvalue weighted by molar-refractivity contribution is 9.10. The van der Waals surface area contributed by atoms with Crippen LogP contribution in [0.2, 0.25) is 0 Å². The van der Waals surface area contributed by atoms with E-state index in [9.17, 15) is 0 Å². The fourth-order valence-corrected chi connectivity index (χ4v) is 4.15. The van der Waals surface area contributed by atoms with Crippen LogP contribution in [0.15, 0.2) is 59.3 Å². The van der Waals surface area contributed by atoms with Crippen LogP contribution in [0.5, 0.6) is 0 Å². The van der Waals surface area contributed by atoms with Crippen molar-refractivity contribution >= 4 is 32.5 Å². The van der Waals surface area contributed by atoms with Gasteiger partial charge in [0.1, 0.15) is 0 Å². The fourth-order valence-electron chi connectivity index (χ4n) is 3.79. The summed E-state index contributed by atoms with van der Waals surface area (Å²) in [5, 5.41) is 1.28. The monoisotopic (exact) mass is 433 g/mol. The Kier molecular flexibility index (Phi) is 4.37. The smallest absolute Gasteiger partial charge is 0.159 e. The number of halogens is 1. The topological polar surface area (TPSA) is 70.8 Å². The number of hydrogen-bond acceptors (Lipinski definition) is 4. The number of aromatic amines is 1. The minimum Gasteiger partial charge on any atom is -0.399 e. The molecule has 0 spiro atoms. The van der Waals surface area contributed by atoms with Crippen molar-refractivity contribution in [3.05, 3.63) is 76.2 Å². The van der Waals surface area contributed by atoms with Gasteiger partial charge in [0, 0.05) is 58.7 Å². The molecule has 0 fully saturated rings. The van der Waals surface area contributed by atoms with Gasteiger partial charge in [-0.25, -0.2) is 9.97 Å². The maximum atomic E-state index is 5.79. The Morgan fingerprint density at radius 1 is 1.14 bits per heavy atom. The molecule has 0 radical (unpaired) electrons. The summed E-state index contributed by atoms with van der Waals surface area (Å²) in [5.74, 6) is 0.762. The Bertz CT molecular complexity index is 1150. The number of aromatic nitrogens is 3. The van der Waals surface area contributed by atoms with Crippen molar-refractivity contribution < 1.29 is 0 Å². The molecule has 5 nitrogen and oxygen atoms in total. The largest absolute Gasteiger partial charge is 0.399 e. The molecule has 0 aliphatic carbocycles. The second-order valence-corrected chi connectivity index (χ2v) is 8.17. The van der Waals surface area contributed by atoms with E-state index in [2.05, 4.69) is 55.2 Å². The lowest BCUT2D eigenvalue weighted by Gasteiger charge is -2.27. The average molecular weight is 434 g/mol. The number of hydrogen-bond donors (Lipinski definition) is 2. The molecule has 0 saturated heterocycles. The van der Waals surface area contributed by atoms with E-state index in [4.69, 9.17) is 10.7 Å². The number of fused-ring (bicyclic) bond motifs is 2. The molecule has 1 aliphatic heterocycles. The van der Waals surface area contributed by atoms with E-state index in [0.29, 0.717) is 0 Å². The molecule has 140 valence electrons. The quantitative estimate of drug-likeness (QED) is 0.465. The number of nitrogens with zero attached hydrogens (tertiary/aromatic N) is 3. The van der Waals surface area contributed by atoms with Crippen molar-refractivity contribution in [2.75, 3.05) is 12.3 Å². The second-order valence-electron chi connectivity index (χ2n) is 7.25. The molecule has 0 amide bonds. The van der Waals surface area contributed by atoms with Crippen molar-refractivity contribution in [1.29, 1.82) is 0 Å². The molecule has 1 aliphatic rings. The molecule has 3 N–H and O–H groups in total. The van der Waals surface area contributed by atoms with Gasteiger partial charge in [-0.15, -0.1) is 0 Å². The highest BCUT2D eigenvalue weighted by atomic mass is 79.9. The van der Waals surface area contributed by atoms with Crippen LogP contribution in [0.25, 0.3) is 22.3 Å². The number of H-pyrrole nitrogens is 1. The fraction of sp³-hybridized carbons (Fsp3) is 0.182. The number of nitrogens with two attached hydrogens (primary N) is 1. The molecule has 5 rings (SSSR count). The summed E-state index contributed by atoms with van der Waals surface area (Å²) in [6, 6.07) is 14.1. The first-order valence-electron chi connectivity index (χ1n) is 9.34. The van der Waals surface area contributed by atoms with Crippen molar-refractivity contribution in [3.63, 3.8) is 0 Å². The lowest BCUT2D eigenvalue weighted by molar-refractivity contribution is 0.242. The SMILES string of the molecule is Nc1ccc(-c2ncc3c(n2)CN(Cc2c[nH]c4cc(Br)ccc24)CC3)cc1. The van der Waals surface area contributed by atoms with Crippen LogP contribution >= 0.6 is 15.9 Å². The van der Waals surface area contributed by atoms with Gasteiger partial charge in [-0.05, 0) is 53.9 Å². The molecule has 0 atom stereocenters. The van der Waals surface area contributed by atoms with Gasteiger partial charge in [0.25, 0.3) is 0 Å². The van der Waals surface area contributed by atoms with Gasteiger partial charge in [-0.1, -0.05) is 22.0 Å². The molecule has 3 heterocycles. The Morgan fingerprint density at radius 2 is 2.00 bits per heavy atom. The summed E-state index contributed by atoms with van der Waals surface area (Å²) >= 11 is 3.54. The summed E-state index contributed by atoms with van der Waals surface area (Å²) in [6.07, 6.45) is 5.08. The third kappa shape index (κ3) is 3.30. The third-order valence-corrected chi connectivity index (χ3v) is 5.81. The standard InChI is InChI=1S/C22H20BrN5/c23-17-3-6-19-16(11-25-20(19)9-17)12-28-8-7-15-10-26-22(27-21(15)13-28)14-1-4-18(24)5-2-14/h1-6,9-11,25H,7-8,12-13,24H2. The molecule has 6 heteroatoms.